The van der Waals surface area contributed by atoms with E-state index in [2.05, 4.69) is 4.98 Å². The van der Waals surface area contributed by atoms with E-state index < -0.39 is 7.12 Å². The number of aromatic nitrogens is 1. The van der Waals surface area contributed by atoms with Crippen LogP contribution in [0.2, 0.25) is 0 Å². The molecule has 0 saturated carbocycles. The number of furan rings is 1. The van der Waals surface area contributed by atoms with Crippen LogP contribution in [0.15, 0.2) is 41.2 Å². The molecule has 0 atom stereocenters. The Kier molecular flexibility index (Phi) is 2.34. The normalized spacial score (nSPS) is 10.1. The molecule has 0 radical (unpaired) electrons. The minimum absolute atomic E-state index is 0.226. The van der Waals surface area contributed by atoms with Crippen LogP contribution in [0, 0.1) is 0 Å². The van der Waals surface area contributed by atoms with Crippen LogP contribution in [0.5, 0.6) is 0 Å². The van der Waals surface area contributed by atoms with Gasteiger partial charge in [0, 0.05) is 5.56 Å². The molecule has 0 aliphatic rings. The lowest BCUT2D eigenvalue weighted by Gasteiger charge is -2.00. The second-order valence-corrected chi connectivity index (χ2v) is 2.83. The van der Waals surface area contributed by atoms with Crippen molar-refractivity contribution in [2.45, 2.75) is 0 Å². The molecule has 0 aliphatic heterocycles. The van der Waals surface area contributed by atoms with Gasteiger partial charge in [-0.05, 0) is 18.2 Å². The molecule has 14 heavy (non-hydrogen) atoms. The summed E-state index contributed by atoms with van der Waals surface area (Å²) < 4.78 is 4.90. The maximum atomic E-state index is 8.92. The predicted octanol–water partition coefficient (Wildman–Crippen LogP) is 0.0214. The Labute approximate surface area is 81.0 Å². The van der Waals surface area contributed by atoms with Crippen molar-refractivity contribution in [1.82, 2.24) is 4.98 Å². The van der Waals surface area contributed by atoms with Crippen LogP contribution >= 0.6 is 0 Å². The van der Waals surface area contributed by atoms with Crippen LogP contribution in [0.1, 0.15) is 0 Å². The number of hydrogen-bond donors (Lipinski definition) is 2. The van der Waals surface area contributed by atoms with Crippen LogP contribution in [0.3, 0.4) is 0 Å². The molecule has 5 heteroatoms. The van der Waals surface area contributed by atoms with E-state index in [0.717, 1.165) is 5.56 Å². The summed E-state index contributed by atoms with van der Waals surface area (Å²) in [5, 5.41) is 17.8. The largest absolute Gasteiger partial charge is 0.508 e. The minimum Gasteiger partial charge on any atom is -0.472 e. The third-order valence-electron chi connectivity index (χ3n) is 1.85. The van der Waals surface area contributed by atoms with Crippen LogP contribution in [0.25, 0.3) is 11.3 Å². The van der Waals surface area contributed by atoms with Crippen molar-refractivity contribution in [3.63, 3.8) is 0 Å². The van der Waals surface area contributed by atoms with E-state index in [1.165, 1.54) is 0 Å². The van der Waals surface area contributed by atoms with E-state index in [-0.39, 0.29) is 5.59 Å². The SMILES string of the molecule is OB(O)c1cccc(-c2ccoc2)n1. The van der Waals surface area contributed by atoms with Crippen molar-refractivity contribution in [3.05, 3.63) is 36.8 Å². The first kappa shape index (κ1) is 8.99. The van der Waals surface area contributed by atoms with Crippen molar-refractivity contribution in [3.8, 4) is 11.3 Å². The summed E-state index contributed by atoms with van der Waals surface area (Å²) in [7, 11) is -1.54. The molecule has 2 aromatic heterocycles. The zero-order valence-electron chi connectivity index (χ0n) is 7.29. The standard InChI is InChI=1S/C9H8BNO3/c12-10(13)9-3-1-2-8(11-9)7-4-5-14-6-7/h1-6,12-13H. The summed E-state index contributed by atoms with van der Waals surface area (Å²) in [5.74, 6) is 0. The average Bonchev–Trinajstić information content (AvgIpc) is 2.71. The fourth-order valence-electron chi connectivity index (χ4n) is 1.17. The van der Waals surface area contributed by atoms with Gasteiger partial charge < -0.3 is 14.5 Å². The molecule has 4 nitrogen and oxygen atoms in total. The third-order valence-corrected chi connectivity index (χ3v) is 1.85. The van der Waals surface area contributed by atoms with Crippen LogP contribution in [0.4, 0.5) is 0 Å². The Morgan fingerprint density at radius 1 is 1.21 bits per heavy atom. The molecular formula is C9H8BNO3. The smallest absolute Gasteiger partial charge is 0.472 e. The second-order valence-electron chi connectivity index (χ2n) is 2.83. The van der Waals surface area contributed by atoms with Gasteiger partial charge in [-0.15, -0.1) is 0 Å². The molecule has 2 N–H and O–H groups in total. The average molecular weight is 189 g/mol. The van der Waals surface area contributed by atoms with Crippen molar-refractivity contribution in [2.24, 2.45) is 0 Å². The van der Waals surface area contributed by atoms with Crippen LogP contribution in [-0.4, -0.2) is 22.2 Å². The molecule has 0 bridgehead atoms. The van der Waals surface area contributed by atoms with Crippen molar-refractivity contribution in [1.29, 1.82) is 0 Å². The topological polar surface area (TPSA) is 66.5 Å². The minimum atomic E-state index is -1.54. The fraction of sp³-hybridized carbons (Fsp3) is 0. The van der Waals surface area contributed by atoms with Gasteiger partial charge in [0.15, 0.2) is 0 Å². The highest BCUT2D eigenvalue weighted by Gasteiger charge is 2.13. The summed E-state index contributed by atoms with van der Waals surface area (Å²) in [6.07, 6.45) is 3.09. The first-order chi connectivity index (χ1) is 6.77. The summed E-state index contributed by atoms with van der Waals surface area (Å²) in [4.78, 5) is 4.05. The quantitative estimate of drug-likeness (QED) is 0.653. The maximum Gasteiger partial charge on any atom is 0.508 e. The zero-order chi connectivity index (χ0) is 9.97. The van der Waals surface area contributed by atoms with Crippen LogP contribution in [-0.2, 0) is 0 Å². The zero-order valence-corrected chi connectivity index (χ0v) is 7.29. The van der Waals surface area contributed by atoms with Gasteiger partial charge in [0.2, 0.25) is 0 Å². The highest BCUT2D eigenvalue weighted by atomic mass is 16.4. The molecule has 2 heterocycles. The maximum absolute atomic E-state index is 8.92. The van der Waals surface area contributed by atoms with E-state index in [0.29, 0.717) is 5.69 Å². The van der Waals surface area contributed by atoms with Gasteiger partial charge in [-0.25, -0.2) is 0 Å². The van der Waals surface area contributed by atoms with Gasteiger partial charge in [-0.2, -0.15) is 0 Å². The van der Waals surface area contributed by atoms with Crippen molar-refractivity contribution < 1.29 is 14.5 Å². The molecule has 0 aliphatic carbocycles. The lowest BCUT2D eigenvalue weighted by molar-refractivity contribution is 0.424. The second kappa shape index (κ2) is 3.65. The van der Waals surface area contributed by atoms with E-state index in [1.807, 2.05) is 0 Å². The Balaban J connectivity index is 2.41. The van der Waals surface area contributed by atoms with Crippen molar-refractivity contribution >= 4 is 12.7 Å². The molecule has 70 valence electrons. The summed E-state index contributed by atoms with van der Waals surface area (Å²) in [5.41, 5.74) is 1.69. The summed E-state index contributed by atoms with van der Waals surface area (Å²) in [6.45, 7) is 0. The molecule has 2 aromatic rings. The van der Waals surface area contributed by atoms with Gasteiger partial charge in [0.1, 0.15) is 0 Å². The van der Waals surface area contributed by atoms with Gasteiger partial charge in [0.05, 0.1) is 23.8 Å². The lowest BCUT2D eigenvalue weighted by atomic mass is 9.85. The molecule has 0 fully saturated rings. The molecule has 0 spiro atoms. The number of hydrogen-bond acceptors (Lipinski definition) is 4. The molecule has 0 saturated heterocycles. The van der Waals surface area contributed by atoms with Gasteiger partial charge >= 0.3 is 7.12 Å². The Bertz CT molecular complexity index is 414. The molecule has 0 aromatic carbocycles. The molecule has 0 amide bonds. The highest BCUT2D eigenvalue weighted by Crippen LogP contribution is 2.15. The van der Waals surface area contributed by atoms with Crippen LogP contribution < -0.4 is 5.59 Å². The number of nitrogens with zero attached hydrogens (tertiary/aromatic N) is 1. The lowest BCUT2D eigenvalue weighted by Crippen LogP contribution is -2.32. The highest BCUT2D eigenvalue weighted by molar-refractivity contribution is 6.57. The molecule has 0 unspecified atom stereocenters. The predicted molar refractivity (Wildman–Crippen MR) is 51.8 cm³/mol. The first-order valence-corrected chi connectivity index (χ1v) is 4.13. The van der Waals surface area contributed by atoms with Gasteiger partial charge in [-0.3, -0.25) is 4.98 Å². The molecular weight excluding hydrogens is 181 g/mol. The summed E-state index contributed by atoms with van der Waals surface area (Å²) >= 11 is 0. The van der Waals surface area contributed by atoms with Crippen molar-refractivity contribution in [2.75, 3.05) is 0 Å². The fourth-order valence-corrected chi connectivity index (χ4v) is 1.17. The third kappa shape index (κ3) is 1.68. The first-order valence-electron chi connectivity index (χ1n) is 4.13. The van der Waals surface area contributed by atoms with E-state index in [1.54, 1.807) is 36.8 Å². The Morgan fingerprint density at radius 2 is 2.07 bits per heavy atom. The van der Waals surface area contributed by atoms with E-state index in [4.69, 9.17) is 14.5 Å². The number of pyridine rings is 1. The molecule has 2 rings (SSSR count). The monoisotopic (exact) mass is 189 g/mol. The van der Waals surface area contributed by atoms with E-state index in [9.17, 15) is 0 Å². The summed E-state index contributed by atoms with van der Waals surface area (Å²) in [6, 6.07) is 6.80. The van der Waals surface area contributed by atoms with Gasteiger partial charge in [0.25, 0.3) is 0 Å². The van der Waals surface area contributed by atoms with Gasteiger partial charge in [-0.1, -0.05) is 6.07 Å². The van der Waals surface area contributed by atoms with E-state index >= 15 is 0 Å². The Morgan fingerprint density at radius 3 is 2.71 bits per heavy atom. The Hall–Kier alpha value is -1.59. The number of rotatable bonds is 2.